The molecule has 0 unspecified atom stereocenters. The quantitative estimate of drug-likeness (QED) is 0.202. The van der Waals surface area contributed by atoms with Crippen LogP contribution >= 0.6 is 0 Å². The predicted molar refractivity (Wildman–Crippen MR) is 213 cm³/mol. The lowest BCUT2D eigenvalue weighted by atomic mass is 9.84. The highest BCUT2D eigenvalue weighted by atomic mass is 32.2. The van der Waals surface area contributed by atoms with E-state index in [2.05, 4.69) is 53.7 Å². The Bertz CT molecular complexity index is 2170. The number of nitrogens with one attached hydrogen (secondary N) is 2. The van der Waals surface area contributed by atoms with Gasteiger partial charge in [-0.25, -0.2) is 18.6 Å². The third-order valence-corrected chi connectivity index (χ3v) is 11.9. The molecule has 55 heavy (non-hydrogen) atoms. The van der Waals surface area contributed by atoms with Crippen LogP contribution in [-0.4, -0.2) is 104 Å². The summed E-state index contributed by atoms with van der Waals surface area (Å²) in [6.07, 6.45) is 3.01. The minimum atomic E-state index is -3.90. The molecule has 2 aromatic carbocycles. The minimum absolute atomic E-state index is 0.00991. The molecule has 6 bridgehead atoms. The van der Waals surface area contributed by atoms with Gasteiger partial charge in [0.15, 0.2) is 0 Å². The molecule has 2 aliphatic heterocycles. The predicted octanol–water partition coefficient (Wildman–Crippen LogP) is 4.82. The zero-order chi connectivity index (χ0) is 39.7. The molecule has 6 rings (SSSR count). The van der Waals surface area contributed by atoms with E-state index in [4.69, 9.17) is 14.5 Å². The standard InChI is InChI=1S/C41H54N6O7S/c1-8-46-36-14-13-28-23-32(36)33(38(46)31-11-9-15-42-37(31)26(2)53-7)24-41(3,4)25-54-40(50)34-12-10-16-47(43-34)39(49)35(44-55(51,52)18-17-45(5)6)21-27-19-29(28)22-30(48)20-27/h9,11,13-15,19-20,22-23,26,34-35,43-44,48H,8,10,12,16-18,21,24-25H2,1-7H3/t26-,34-,35-/m0/s1. The van der Waals surface area contributed by atoms with E-state index in [1.807, 2.05) is 25.1 Å². The highest BCUT2D eigenvalue weighted by molar-refractivity contribution is 7.89. The Morgan fingerprint density at radius 2 is 1.93 bits per heavy atom. The second-order valence-electron chi connectivity index (χ2n) is 15.8. The van der Waals surface area contributed by atoms with Crippen LogP contribution in [0, 0.1) is 5.41 Å². The summed E-state index contributed by atoms with van der Waals surface area (Å²) in [5, 5.41) is 13.4. The second kappa shape index (κ2) is 16.4. The van der Waals surface area contributed by atoms with E-state index in [1.165, 1.54) is 5.01 Å². The van der Waals surface area contributed by atoms with E-state index in [-0.39, 0.29) is 43.7 Å². The number of carbonyl (C=O) groups excluding carboxylic acids is 2. The molecule has 0 aliphatic carbocycles. The number of sulfonamides is 1. The number of nitrogens with zero attached hydrogens (tertiary/aromatic N) is 4. The summed E-state index contributed by atoms with van der Waals surface area (Å²) in [5.41, 5.74) is 9.52. The van der Waals surface area contributed by atoms with Gasteiger partial charge in [0.1, 0.15) is 17.8 Å². The minimum Gasteiger partial charge on any atom is -0.508 e. The summed E-state index contributed by atoms with van der Waals surface area (Å²) < 4.78 is 43.4. The number of amides is 1. The molecule has 0 radical (unpaired) electrons. The van der Waals surface area contributed by atoms with Crippen LogP contribution in [0.5, 0.6) is 5.75 Å². The average Bonchev–Trinajstić information content (AvgIpc) is 3.46. The Labute approximate surface area is 324 Å². The van der Waals surface area contributed by atoms with Crippen molar-refractivity contribution in [3.8, 4) is 28.1 Å². The number of methoxy groups -OCH3 is 1. The molecule has 0 saturated carbocycles. The molecule has 4 aromatic rings. The molecule has 0 spiro atoms. The largest absolute Gasteiger partial charge is 0.508 e. The van der Waals surface area contributed by atoms with Crippen LogP contribution in [-0.2, 0) is 48.5 Å². The van der Waals surface area contributed by atoms with E-state index in [0.717, 1.165) is 44.5 Å². The molecule has 1 amide bonds. The number of hydrogen-bond acceptors (Lipinski definition) is 10. The van der Waals surface area contributed by atoms with Crippen molar-refractivity contribution in [2.75, 3.05) is 46.7 Å². The fraction of sp³-hybridized carbons (Fsp3) is 0.488. The van der Waals surface area contributed by atoms with Gasteiger partial charge in [0.25, 0.3) is 5.91 Å². The lowest BCUT2D eigenvalue weighted by molar-refractivity contribution is -0.155. The van der Waals surface area contributed by atoms with E-state index < -0.39 is 39.4 Å². The summed E-state index contributed by atoms with van der Waals surface area (Å²) in [6, 6.07) is 13.3. The van der Waals surface area contributed by atoms with Crippen molar-refractivity contribution in [1.29, 1.82) is 0 Å². The highest BCUT2D eigenvalue weighted by Crippen LogP contribution is 2.42. The van der Waals surface area contributed by atoms with Crippen LogP contribution in [0.1, 0.15) is 63.5 Å². The van der Waals surface area contributed by atoms with Gasteiger partial charge in [0.05, 0.1) is 29.9 Å². The van der Waals surface area contributed by atoms with Gasteiger partial charge in [-0.05, 0) is 112 Å². The van der Waals surface area contributed by atoms with Gasteiger partial charge >= 0.3 is 5.97 Å². The molecular formula is C41H54N6O7S. The Hall–Kier alpha value is -4.34. The van der Waals surface area contributed by atoms with E-state index in [9.17, 15) is 23.1 Å². The summed E-state index contributed by atoms with van der Waals surface area (Å²) in [4.78, 5) is 34.3. The van der Waals surface area contributed by atoms with Gasteiger partial charge in [-0.3, -0.25) is 19.6 Å². The summed E-state index contributed by atoms with van der Waals surface area (Å²) >= 11 is 0. The van der Waals surface area contributed by atoms with Crippen molar-refractivity contribution >= 4 is 32.8 Å². The zero-order valence-electron chi connectivity index (χ0n) is 32.9. The number of esters is 1. The molecule has 3 atom stereocenters. The number of ether oxygens (including phenoxy) is 2. The maximum Gasteiger partial charge on any atom is 0.324 e. The maximum absolute atomic E-state index is 14.2. The molecule has 4 heterocycles. The number of cyclic esters (lactones) is 1. The molecule has 1 fully saturated rings. The molecule has 3 N–H and O–H groups in total. The zero-order valence-corrected chi connectivity index (χ0v) is 33.7. The molecule has 1 saturated heterocycles. The smallest absolute Gasteiger partial charge is 0.324 e. The molecule has 2 aromatic heterocycles. The van der Waals surface area contributed by atoms with Crippen molar-refractivity contribution in [2.45, 2.75) is 78.1 Å². The van der Waals surface area contributed by atoms with Gasteiger partial charge in [0.2, 0.25) is 10.0 Å². The van der Waals surface area contributed by atoms with E-state index >= 15 is 0 Å². The third-order valence-electron chi connectivity index (χ3n) is 10.5. The normalized spacial score (nSPS) is 20.0. The Morgan fingerprint density at radius 1 is 1.15 bits per heavy atom. The molecular weight excluding hydrogens is 721 g/mol. The first kappa shape index (κ1) is 40.3. The Kier molecular flexibility index (Phi) is 12.0. The van der Waals surface area contributed by atoms with Crippen molar-refractivity contribution in [3.63, 3.8) is 0 Å². The number of hydrogen-bond donors (Lipinski definition) is 3. The van der Waals surface area contributed by atoms with Gasteiger partial charge in [-0.2, -0.15) is 0 Å². The number of aromatic nitrogens is 2. The number of fused-ring (bicyclic) bond motifs is 6. The van der Waals surface area contributed by atoms with E-state index in [1.54, 1.807) is 44.4 Å². The fourth-order valence-corrected chi connectivity index (χ4v) is 8.97. The van der Waals surface area contributed by atoms with Crippen LogP contribution in [0.25, 0.3) is 33.3 Å². The first-order chi connectivity index (χ1) is 26.1. The van der Waals surface area contributed by atoms with Crippen LogP contribution in [0.3, 0.4) is 0 Å². The molecule has 14 heteroatoms. The lowest BCUT2D eigenvalue weighted by Crippen LogP contribution is -2.60. The number of phenolic OH excluding ortho intramolecular Hbond substituents is 1. The monoisotopic (exact) mass is 774 g/mol. The highest BCUT2D eigenvalue weighted by Gasteiger charge is 2.36. The fourth-order valence-electron chi connectivity index (χ4n) is 7.62. The van der Waals surface area contributed by atoms with Crippen LogP contribution in [0.4, 0.5) is 0 Å². The van der Waals surface area contributed by atoms with E-state index in [0.29, 0.717) is 31.4 Å². The first-order valence-corrected chi connectivity index (χ1v) is 20.6. The molecule has 2 aliphatic rings. The van der Waals surface area contributed by atoms with Crippen molar-refractivity contribution in [3.05, 3.63) is 71.5 Å². The SMILES string of the molecule is CCn1c(-c2cccnc2[C@H](C)OC)c2c3cc(ccc31)-c1cc(O)cc(c1)C[C@H](NS(=O)(=O)CCN(C)C)C(=O)N1CCC[C@H](N1)C(=O)OCC(C)(C)C2. The number of hydrazine groups is 1. The Balaban J connectivity index is 1.54. The van der Waals surface area contributed by atoms with Crippen molar-refractivity contribution in [2.24, 2.45) is 5.41 Å². The number of pyridine rings is 1. The van der Waals surface area contributed by atoms with Crippen molar-refractivity contribution in [1.82, 2.24) is 29.6 Å². The number of aromatic hydroxyl groups is 1. The second-order valence-corrected chi connectivity index (χ2v) is 17.6. The number of phenols is 1. The molecule has 13 nitrogen and oxygen atoms in total. The average molecular weight is 775 g/mol. The van der Waals surface area contributed by atoms with Crippen LogP contribution in [0.15, 0.2) is 54.7 Å². The summed E-state index contributed by atoms with van der Waals surface area (Å²) in [6.45, 7) is 9.58. The van der Waals surface area contributed by atoms with Gasteiger partial charge in [-0.1, -0.05) is 26.0 Å². The third kappa shape index (κ3) is 9.05. The summed E-state index contributed by atoms with van der Waals surface area (Å²) in [5.74, 6) is -1.21. The van der Waals surface area contributed by atoms with Gasteiger partial charge in [0, 0.05) is 54.8 Å². The topological polar surface area (TPSA) is 155 Å². The first-order valence-electron chi connectivity index (χ1n) is 18.9. The number of carbonyl (C=O) groups is 2. The molecule has 296 valence electrons. The van der Waals surface area contributed by atoms with Crippen molar-refractivity contribution < 1.29 is 32.6 Å². The number of benzene rings is 2. The van der Waals surface area contributed by atoms with Crippen LogP contribution < -0.4 is 10.1 Å². The maximum atomic E-state index is 14.2. The lowest BCUT2D eigenvalue weighted by Gasteiger charge is -2.35. The number of aryl methyl sites for hydroxylation is 1. The Morgan fingerprint density at radius 3 is 2.65 bits per heavy atom. The van der Waals surface area contributed by atoms with Gasteiger partial charge < -0.3 is 24.0 Å². The van der Waals surface area contributed by atoms with Crippen LogP contribution in [0.2, 0.25) is 0 Å². The summed E-state index contributed by atoms with van der Waals surface area (Å²) in [7, 11) is 1.33. The number of rotatable bonds is 9. The van der Waals surface area contributed by atoms with Gasteiger partial charge in [-0.15, -0.1) is 0 Å².